The predicted molar refractivity (Wildman–Crippen MR) is 85.2 cm³/mol. The van der Waals surface area contributed by atoms with Gasteiger partial charge in [0.1, 0.15) is 0 Å². The van der Waals surface area contributed by atoms with Crippen LogP contribution in [0.3, 0.4) is 0 Å². The van der Waals surface area contributed by atoms with E-state index in [2.05, 4.69) is 60.6 Å². The Hall–Kier alpha value is -1.68. The molecule has 104 valence electrons. The van der Waals surface area contributed by atoms with Crippen molar-refractivity contribution >= 4 is 21.6 Å². The summed E-state index contributed by atoms with van der Waals surface area (Å²) in [5.74, 6) is 0. The van der Waals surface area contributed by atoms with E-state index in [-0.39, 0.29) is 5.41 Å². The molecule has 0 aliphatic rings. The normalized spacial score (nSPS) is 12.2. The predicted octanol–water partition coefficient (Wildman–Crippen LogP) is 4.48. The van der Waals surface area contributed by atoms with Crippen molar-refractivity contribution in [1.82, 2.24) is 14.5 Å². The molecule has 0 aliphatic carbocycles. The van der Waals surface area contributed by atoms with Crippen LogP contribution >= 0.6 is 11.3 Å². The quantitative estimate of drug-likeness (QED) is 0.695. The first kappa shape index (κ1) is 13.3. The Morgan fingerprint density at radius 1 is 1.25 bits per heavy atom. The number of pyridine rings is 1. The summed E-state index contributed by atoms with van der Waals surface area (Å²) in [6.07, 6.45) is 5.89. The van der Waals surface area contributed by atoms with Gasteiger partial charge < -0.3 is 4.57 Å². The smallest absolute Gasteiger partial charge is 0.0982 e. The number of imidazole rings is 1. The van der Waals surface area contributed by atoms with Gasteiger partial charge >= 0.3 is 0 Å². The van der Waals surface area contributed by atoms with Gasteiger partial charge in [-0.2, -0.15) is 0 Å². The maximum Gasteiger partial charge on any atom is 0.0982 e. The summed E-state index contributed by atoms with van der Waals surface area (Å²) in [5, 5.41) is 0. The number of fused-ring (bicyclic) bond motifs is 1. The van der Waals surface area contributed by atoms with Crippen molar-refractivity contribution in [3.63, 3.8) is 0 Å². The standard InChI is InChI=1S/C16H19N3S/c1-5-19-9-13(18-10-19)14-8-12-15(20-14)11(6-7-17-12)16(2,3)4/h6-10H,5H2,1-4H3. The van der Waals surface area contributed by atoms with Crippen molar-refractivity contribution in [2.45, 2.75) is 39.7 Å². The minimum Gasteiger partial charge on any atom is -0.337 e. The fourth-order valence-electron chi connectivity index (χ4n) is 2.32. The molecule has 0 saturated carbocycles. The Labute approximate surface area is 123 Å². The SMILES string of the molecule is CCn1cnc(-c2cc3nccc(C(C)(C)C)c3s2)c1. The highest BCUT2D eigenvalue weighted by atomic mass is 32.1. The molecular formula is C16H19N3S. The number of nitrogens with zero attached hydrogens (tertiary/aromatic N) is 3. The van der Waals surface area contributed by atoms with Gasteiger partial charge in [0.25, 0.3) is 0 Å². The molecule has 3 aromatic rings. The summed E-state index contributed by atoms with van der Waals surface area (Å²) in [4.78, 5) is 10.2. The van der Waals surface area contributed by atoms with Crippen LogP contribution in [-0.4, -0.2) is 14.5 Å². The summed E-state index contributed by atoms with van der Waals surface area (Å²) < 4.78 is 3.37. The van der Waals surface area contributed by atoms with Crippen LogP contribution in [0, 0.1) is 0 Å². The van der Waals surface area contributed by atoms with E-state index in [4.69, 9.17) is 0 Å². The molecule has 3 rings (SSSR count). The maximum atomic E-state index is 4.50. The Morgan fingerprint density at radius 3 is 2.70 bits per heavy atom. The zero-order valence-corrected chi connectivity index (χ0v) is 13.2. The van der Waals surface area contributed by atoms with Crippen molar-refractivity contribution in [3.8, 4) is 10.6 Å². The first-order chi connectivity index (χ1) is 9.49. The Balaban J connectivity index is 2.15. The van der Waals surface area contributed by atoms with E-state index >= 15 is 0 Å². The lowest BCUT2D eigenvalue weighted by Crippen LogP contribution is -2.11. The third-order valence-corrected chi connectivity index (χ3v) is 4.65. The lowest BCUT2D eigenvalue weighted by Gasteiger charge is -2.19. The molecule has 0 spiro atoms. The molecule has 20 heavy (non-hydrogen) atoms. The fraction of sp³-hybridized carbons (Fsp3) is 0.375. The molecule has 3 nitrogen and oxygen atoms in total. The van der Waals surface area contributed by atoms with Gasteiger partial charge in [-0.15, -0.1) is 11.3 Å². The van der Waals surface area contributed by atoms with Gasteiger partial charge in [-0.1, -0.05) is 20.8 Å². The largest absolute Gasteiger partial charge is 0.337 e. The van der Waals surface area contributed by atoms with Crippen molar-refractivity contribution in [2.24, 2.45) is 0 Å². The van der Waals surface area contributed by atoms with Crippen LogP contribution in [0.5, 0.6) is 0 Å². The Morgan fingerprint density at radius 2 is 2.05 bits per heavy atom. The summed E-state index contributed by atoms with van der Waals surface area (Å²) in [7, 11) is 0. The van der Waals surface area contributed by atoms with Crippen molar-refractivity contribution in [3.05, 3.63) is 36.4 Å². The zero-order valence-electron chi connectivity index (χ0n) is 12.3. The molecule has 0 amide bonds. The molecular weight excluding hydrogens is 266 g/mol. The lowest BCUT2D eigenvalue weighted by molar-refractivity contribution is 0.596. The molecule has 0 fully saturated rings. The van der Waals surface area contributed by atoms with Gasteiger partial charge in [0.05, 0.1) is 27.1 Å². The summed E-state index contributed by atoms with van der Waals surface area (Å²) in [6, 6.07) is 4.28. The first-order valence-corrected chi connectivity index (χ1v) is 7.72. The van der Waals surface area contributed by atoms with Gasteiger partial charge in [0.2, 0.25) is 0 Å². The van der Waals surface area contributed by atoms with Gasteiger partial charge in [-0.3, -0.25) is 4.98 Å². The molecule has 4 heteroatoms. The molecule has 0 bridgehead atoms. The number of rotatable bonds is 2. The van der Waals surface area contributed by atoms with Crippen LogP contribution in [0.15, 0.2) is 30.9 Å². The van der Waals surface area contributed by atoms with E-state index in [0.29, 0.717) is 0 Å². The zero-order chi connectivity index (χ0) is 14.3. The highest BCUT2D eigenvalue weighted by Gasteiger charge is 2.19. The highest BCUT2D eigenvalue weighted by Crippen LogP contribution is 2.37. The molecule has 3 heterocycles. The Bertz CT molecular complexity index is 747. The molecule has 0 aromatic carbocycles. The molecule has 3 aromatic heterocycles. The van der Waals surface area contributed by atoms with E-state index < -0.39 is 0 Å². The second-order valence-corrected chi connectivity index (χ2v) is 7.08. The monoisotopic (exact) mass is 285 g/mol. The summed E-state index contributed by atoms with van der Waals surface area (Å²) in [6.45, 7) is 9.80. The van der Waals surface area contributed by atoms with Crippen LogP contribution in [0.2, 0.25) is 0 Å². The van der Waals surface area contributed by atoms with Crippen molar-refractivity contribution in [2.75, 3.05) is 0 Å². The van der Waals surface area contributed by atoms with Crippen molar-refractivity contribution < 1.29 is 0 Å². The molecule has 0 saturated heterocycles. The van der Waals surface area contributed by atoms with Crippen LogP contribution in [0.1, 0.15) is 33.3 Å². The maximum absolute atomic E-state index is 4.50. The van der Waals surface area contributed by atoms with Gasteiger partial charge in [-0.05, 0) is 30.0 Å². The number of aromatic nitrogens is 3. The van der Waals surface area contributed by atoms with Gasteiger partial charge in [0, 0.05) is 18.9 Å². The minimum absolute atomic E-state index is 0.131. The summed E-state index contributed by atoms with van der Waals surface area (Å²) >= 11 is 1.79. The fourth-order valence-corrected chi connectivity index (χ4v) is 3.62. The van der Waals surface area contributed by atoms with Crippen LogP contribution < -0.4 is 0 Å². The Kier molecular flexibility index (Phi) is 3.13. The molecule has 0 unspecified atom stereocenters. The van der Waals surface area contributed by atoms with E-state index in [1.165, 1.54) is 15.1 Å². The third kappa shape index (κ3) is 2.24. The molecule has 0 N–H and O–H groups in total. The van der Waals surface area contributed by atoms with Crippen LogP contribution in [0.4, 0.5) is 0 Å². The number of hydrogen-bond acceptors (Lipinski definition) is 3. The average Bonchev–Trinajstić information content (AvgIpc) is 3.02. The number of hydrogen-bond donors (Lipinski definition) is 0. The second-order valence-electron chi connectivity index (χ2n) is 6.02. The summed E-state index contributed by atoms with van der Waals surface area (Å²) in [5.41, 5.74) is 3.60. The van der Waals surface area contributed by atoms with Gasteiger partial charge in [-0.25, -0.2) is 4.98 Å². The number of thiophene rings is 1. The van der Waals surface area contributed by atoms with E-state index in [9.17, 15) is 0 Å². The molecule has 0 aliphatic heterocycles. The highest BCUT2D eigenvalue weighted by molar-refractivity contribution is 7.22. The molecule has 0 radical (unpaired) electrons. The number of aryl methyl sites for hydroxylation is 1. The van der Waals surface area contributed by atoms with Crippen LogP contribution in [-0.2, 0) is 12.0 Å². The van der Waals surface area contributed by atoms with E-state index in [1.807, 2.05) is 12.5 Å². The van der Waals surface area contributed by atoms with Crippen LogP contribution in [0.25, 0.3) is 20.8 Å². The second kappa shape index (κ2) is 4.70. The molecule has 0 atom stereocenters. The van der Waals surface area contributed by atoms with E-state index in [0.717, 1.165) is 17.8 Å². The van der Waals surface area contributed by atoms with Crippen molar-refractivity contribution in [1.29, 1.82) is 0 Å². The lowest BCUT2D eigenvalue weighted by atomic mass is 9.87. The van der Waals surface area contributed by atoms with Gasteiger partial charge in [0.15, 0.2) is 0 Å². The van der Waals surface area contributed by atoms with E-state index in [1.54, 1.807) is 11.3 Å². The average molecular weight is 285 g/mol. The topological polar surface area (TPSA) is 30.7 Å². The first-order valence-electron chi connectivity index (χ1n) is 6.90. The minimum atomic E-state index is 0.131. The third-order valence-electron chi connectivity index (χ3n) is 3.47.